The number of amides is 2. The second kappa shape index (κ2) is 8.66. The number of para-hydroxylation sites is 1. The molecule has 0 spiro atoms. The highest BCUT2D eigenvalue weighted by atomic mass is 16.5. The first-order chi connectivity index (χ1) is 12.5. The van der Waals surface area contributed by atoms with Crippen LogP contribution in [0.5, 0.6) is 5.75 Å². The standard InChI is InChI=1S/C19H20N2O5/c1-13(22)21(17-10-5-4-9-16(17)19(24)26-3)12-18(23)20-14-7-6-8-15(11-14)25-2/h4-11H,12H2,1-3H3,(H,20,23). The number of rotatable bonds is 6. The molecule has 0 bridgehead atoms. The van der Waals surface area contributed by atoms with Gasteiger partial charge < -0.3 is 19.7 Å². The Bertz CT molecular complexity index is 819. The van der Waals surface area contributed by atoms with E-state index in [1.165, 1.54) is 32.1 Å². The van der Waals surface area contributed by atoms with E-state index in [2.05, 4.69) is 5.32 Å². The van der Waals surface area contributed by atoms with E-state index in [1.54, 1.807) is 42.5 Å². The van der Waals surface area contributed by atoms with Gasteiger partial charge in [-0.3, -0.25) is 9.59 Å². The lowest BCUT2D eigenvalue weighted by Crippen LogP contribution is -2.37. The van der Waals surface area contributed by atoms with Crippen LogP contribution in [0, 0.1) is 0 Å². The molecule has 2 aromatic carbocycles. The summed E-state index contributed by atoms with van der Waals surface area (Å²) in [5, 5.41) is 2.71. The number of nitrogens with one attached hydrogen (secondary N) is 1. The van der Waals surface area contributed by atoms with Gasteiger partial charge in [-0.1, -0.05) is 18.2 Å². The molecular weight excluding hydrogens is 336 g/mol. The summed E-state index contributed by atoms with van der Waals surface area (Å²) in [5.74, 6) is -0.766. The molecule has 7 heteroatoms. The molecule has 0 heterocycles. The number of benzene rings is 2. The Hall–Kier alpha value is -3.35. The lowest BCUT2D eigenvalue weighted by atomic mass is 10.1. The van der Waals surface area contributed by atoms with Gasteiger partial charge >= 0.3 is 5.97 Å². The molecule has 2 rings (SSSR count). The monoisotopic (exact) mass is 356 g/mol. The molecule has 7 nitrogen and oxygen atoms in total. The first-order valence-electron chi connectivity index (χ1n) is 7.85. The molecule has 136 valence electrons. The number of methoxy groups -OCH3 is 2. The first-order valence-corrected chi connectivity index (χ1v) is 7.85. The van der Waals surface area contributed by atoms with Crippen molar-refractivity contribution in [2.75, 3.05) is 31.0 Å². The predicted molar refractivity (Wildman–Crippen MR) is 97.4 cm³/mol. The van der Waals surface area contributed by atoms with Gasteiger partial charge in [-0.25, -0.2) is 4.79 Å². The molecule has 0 unspecified atom stereocenters. The Balaban J connectivity index is 2.22. The smallest absolute Gasteiger partial charge is 0.339 e. The average molecular weight is 356 g/mol. The highest BCUT2D eigenvalue weighted by Gasteiger charge is 2.22. The lowest BCUT2D eigenvalue weighted by molar-refractivity contribution is -0.120. The van der Waals surface area contributed by atoms with Gasteiger partial charge in [0.1, 0.15) is 12.3 Å². The minimum atomic E-state index is -0.583. The van der Waals surface area contributed by atoms with Gasteiger partial charge in [0.25, 0.3) is 0 Å². The molecule has 0 aliphatic carbocycles. The van der Waals surface area contributed by atoms with Gasteiger partial charge in [0.15, 0.2) is 0 Å². The third kappa shape index (κ3) is 4.60. The summed E-state index contributed by atoms with van der Waals surface area (Å²) >= 11 is 0. The number of hydrogen-bond donors (Lipinski definition) is 1. The molecule has 0 aromatic heterocycles. The highest BCUT2D eigenvalue weighted by Crippen LogP contribution is 2.22. The van der Waals surface area contributed by atoms with Crippen LogP contribution in [0.1, 0.15) is 17.3 Å². The molecule has 2 amide bonds. The van der Waals surface area contributed by atoms with Gasteiger partial charge in [0.2, 0.25) is 11.8 Å². The molecule has 0 aliphatic rings. The third-order valence-electron chi connectivity index (χ3n) is 3.64. The fourth-order valence-corrected chi connectivity index (χ4v) is 2.40. The zero-order valence-electron chi connectivity index (χ0n) is 14.8. The van der Waals surface area contributed by atoms with E-state index in [9.17, 15) is 14.4 Å². The van der Waals surface area contributed by atoms with E-state index >= 15 is 0 Å². The number of nitrogens with zero attached hydrogens (tertiary/aromatic N) is 1. The number of carbonyl (C=O) groups excluding carboxylic acids is 3. The Labute approximate surface area is 151 Å². The van der Waals surface area contributed by atoms with Crippen molar-refractivity contribution in [2.24, 2.45) is 0 Å². The van der Waals surface area contributed by atoms with Crippen molar-refractivity contribution in [2.45, 2.75) is 6.92 Å². The normalized spacial score (nSPS) is 9.96. The molecule has 0 radical (unpaired) electrons. The predicted octanol–water partition coefficient (Wildman–Crippen LogP) is 2.47. The maximum atomic E-state index is 12.4. The van der Waals surface area contributed by atoms with Crippen LogP contribution in [0.2, 0.25) is 0 Å². The summed E-state index contributed by atoms with van der Waals surface area (Å²) in [4.78, 5) is 37.6. The van der Waals surface area contributed by atoms with E-state index in [-0.39, 0.29) is 18.0 Å². The Kier molecular flexibility index (Phi) is 6.32. The van der Waals surface area contributed by atoms with Crippen LogP contribution in [0.4, 0.5) is 11.4 Å². The van der Waals surface area contributed by atoms with Gasteiger partial charge in [-0.2, -0.15) is 0 Å². The zero-order chi connectivity index (χ0) is 19.1. The fraction of sp³-hybridized carbons (Fsp3) is 0.211. The number of esters is 1. The first kappa shape index (κ1) is 19.0. The van der Waals surface area contributed by atoms with Crippen LogP contribution in [-0.2, 0) is 14.3 Å². The van der Waals surface area contributed by atoms with E-state index in [0.29, 0.717) is 17.1 Å². The maximum Gasteiger partial charge on any atom is 0.339 e. The summed E-state index contributed by atoms with van der Waals surface area (Å²) in [6.07, 6.45) is 0. The van der Waals surface area contributed by atoms with E-state index in [1.807, 2.05) is 0 Å². The van der Waals surface area contributed by atoms with E-state index in [4.69, 9.17) is 9.47 Å². The van der Waals surface area contributed by atoms with Crippen LogP contribution in [0.3, 0.4) is 0 Å². The molecule has 0 saturated carbocycles. The molecule has 26 heavy (non-hydrogen) atoms. The van der Waals surface area contributed by atoms with Gasteiger partial charge in [-0.05, 0) is 24.3 Å². The van der Waals surface area contributed by atoms with Crippen molar-refractivity contribution in [3.8, 4) is 5.75 Å². The van der Waals surface area contributed by atoms with Crippen LogP contribution in [0.15, 0.2) is 48.5 Å². The third-order valence-corrected chi connectivity index (χ3v) is 3.64. The van der Waals surface area contributed by atoms with Crippen LogP contribution in [0.25, 0.3) is 0 Å². The molecule has 2 aromatic rings. The van der Waals surface area contributed by atoms with Gasteiger partial charge in [0, 0.05) is 18.7 Å². The number of hydrogen-bond acceptors (Lipinski definition) is 5. The van der Waals surface area contributed by atoms with Crippen molar-refractivity contribution >= 4 is 29.2 Å². The van der Waals surface area contributed by atoms with E-state index < -0.39 is 11.9 Å². The number of anilines is 2. The highest BCUT2D eigenvalue weighted by molar-refractivity contribution is 6.06. The number of carbonyl (C=O) groups is 3. The minimum absolute atomic E-state index is 0.208. The zero-order valence-corrected chi connectivity index (χ0v) is 14.8. The largest absolute Gasteiger partial charge is 0.497 e. The van der Waals surface area contributed by atoms with Crippen molar-refractivity contribution in [1.29, 1.82) is 0 Å². The summed E-state index contributed by atoms with van der Waals surface area (Å²) in [7, 11) is 2.79. The summed E-state index contributed by atoms with van der Waals surface area (Å²) in [6, 6.07) is 13.3. The molecule has 0 saturated heterocycles. The molecule has 1 N–H and O–H groups in total. The second-order valence-electron chi connectivity index (χ2n) is 5.39. The van der Waals surface area contributed by atoms with Crippen molar-refractivity contribution < 1.29 is 23.9 Å². The minimum Gasteiger partial charge on any atom is -0.497 e. The van der Waals surface area contributed by atoms with Crippen LogP contribution >= 0.6 is 0 Å². The Morgan fingerprint density at radius 3 is 2.42 bits per heavy atom. The van der Waals surface area contributed by atoms with E-state index in [0.717, 1.165) is 0 Å². The fourth-order valence-electron chi connectivity index (χ4n) is 2.40. The SMILES string of the molecule is COC(=O)c1ccccc1N(CC(=O)Nc1cccc(OC)c1)C(C)=O. The Morgan fingerprint density at radius 1 is 1.04 bits per heavy atom. The van der Waals surface area contributed by atoms with Crippen LogP contribution in [-0.4, -0.2) is 38.5 Å². The van der Waals surface area contributed by atoms with Gasteiger partial charge in [-0.15, -0.1) is 0 Å². The van der Waals surface area contributed by atoms with Crippen molar-refractivity contribution in [3.05, 3.63) is 54.1 Å². The second-order valence-corrected chi connectivity index (χ2v) is 5.39. The molecule has 0 aliphatic heterocycles. The van der Waals surface area contributed by atoms with Crippen LogP contribution < -0.4 is 15.0 Å². The van der Waals surface area contributed by atoms with Gasteiger partial charge in [0.05, 0.1) is 25.5 Å². The lowest BCUT2D eigenvalue weighted by Gasteiger charge is -2.22. The number of ether oxygens (including phenoxy) is 2. The summed E-state index contributed by atoms with van der Waals surface area (Å²) < 4.78 is 9.85. The molecule has 0 atom stereocenters. The molecular formula is C19H20N2O5. The quantitative estimate of drug-likeness (QED) is 0.804. The van der Waals surface area contributed by atoms with Crippen molar-refractivity contribution in [1.82, 2.24) is 0 Å². The topological polar surface area (TPSA) is 84.9 Å². The van der Waals surface area contributed by atoms with Crippen molar-refractivity contribution in [3.63, 3.8) is 0 Å². The summed E-state index contributed by atoms with van der Waals surface area (Å²) in [6.45, 7) is 1.08. The summed E-state index contributed by atoms with van der Waals surface area (Å²) in [5.41, 5.74) is 1.06. The molecule has 0 fully saturated rings. The average Bonchev–Trinajstić information content (AvgIpc) is 2.65. The Morgan fingerprint density at radius 2 is 1.77 bits per heavy atom. The maximum absolute atomic E-state index is 12.4.